The van der Waals surface area contributed by atoms with Gasteiger partial charge in [0, 0.05) is 22.6 Å². The first-order valence-electron chi connectivity index (χ1n) is 24.5. The van der Waals surface area contributed by atoms with Gasteiger partial charge in [-0.1, -0.05) is 41.5 Å². The highest BCUT2D eigenvalue weighted by molar-refractivity contribution is 5.97. The fourth-order valence-corrected chi connectivity index (χ4v) is 10.4. The Kier molecular flexibility index (Phi) is 15.5. The maximum Gasteiger partial charge on any atom is 0.343 e. The van der Waals surface area contributed by atoms with Crippen molar-refractivity contribution in [3.8, 4) is 11.4 Å². The van der Waals surface area contributed by atoms with E-state index in [1.54, 1.807) is 19.9 Å². The summed E-state index contributed by atoms with van der Waals surface area (Å²) < 4.78 is 22.1. The highest BCUT2D eigenvalue weighted by Gasteiger charge is 2.46. The van der Waals surface area contributed by atoms with Crippen LogP contribution in [0.2, 0.25) is 0 Å². The first kappa shape index (κ1) is 51.6. The number of hydrogen-bond acceptors (Lipinski definition) is 12. The summed E-state index contributed by atoms with van der Waals surface area (Å²) in [4.78, 5) is 114. The summed E-state index contributed by atoms with van der Waals surface area (Å²) in [6.45, 7) is 14.6. The Morgan fingerprint density at radius 3 is 2.21 bits per heavy atom. The molecule has 19 nitrogen and oxygen atoms in total. The number of aryl methyl sites for hydroxylation is 1. The predicted molar refractivity (Wildman–Crippen MR) is 255 cm³/mol. The van der Waals surface area contributed by atoms with E-state index in [2.05, 4.69) is 36.8 Å². The van der Waals surface area contributed by atoms with Crippen LogP contribution in [0.15, 0.2) is 16.9 Å². The lowest BCUT2D eigenvalue weighted by Gasteiger charge is -2.31. The highest BCUT2D eigenvalue weighted by Crippen LogP contribution is 2.46. The molecule has 2 aromatic heterocycles. The third-order valence-corrected chi connectivity index (χ3v) is 14.1. The molecular formula is C50H66FN9O10. The van der Waals surface area contributed by atoms with Gasteiger partial charge in [-0.25, -0.2) is 14.2 Å². The summed E-state index contributed by atoms with van der Waals surface area (Å²) >= 11 is 0. The zero-order valence-corrected chi connectivity index (χ0v) is 41.2. The molecule has 0 radical (unpaired) electrons. The Morgan fingerprint density at radius 2 is 1.54 bits per heavy atom. The number of carbonyl (C=O) groups is 7. The minimum atomic E-state index is -2.05. The van der Waals surface area contributed by atoms with Crippen molar-refractivity contribution in [2.24, 2.45) is 11.8 Å². The molecule has 1 saturated heterocycles. The molecule has 7 rings (SSSR count). The number of nitrogens with one attached hydrogen (secondary N) is 6. The van der Waals surface area contributed by atoms with Crippen LogP contribution in [0.4, 0.5) is 4.39 Å². The minimum Gasteiger partial charge on any atom is -0.458 e. The number of likely N-dealkylation sites (N-methyl/N-ethyl adjacent to an activating group) is 1. The lowest BCUT2D eigenvalue weighted by molar-refractivity contribution is -0.172. The molecule has 1 fully saturated rings. The predicted octanol–water partition coefficient (Wildman–Crippen LogP) is 1.91. The standard InChI is InChI=1S/C50H66FN9O10/c1-9-50(69)31-18-38-43-29(22-60(38)48(67)30(31)23-70-49(50)68)42-33(14-13-28-26(7)32(51)19-34(57-43)41(28)42)55-39(61)20-52-44(63)27(8)54-46(65)36(17-25(5)6)56-40(62)21-53-45(64)35(16-24(3)4)58-47(66)37-12-11-15-59(37)10-2/h18-19,24-25,27,33,35-37,69H,9-17,20-23H2,1-8H3,(H,52,63)(H,53,64)(H,54,65)(H,55,61)(H,56,62)(H,58,66)/t27-,33-,35-,36-,37-,50-/m0/s1. The summed E-state index contributed by atoms with van der Waals surface area (Å²) in [5.74, 6) is -4.58. The maximum atomic E-state index is 15.4. The second-order valence-corrected chi connectivity index (χ2v) is 19.9. The van der Waals surface area contributed by atoms with Crippen LogP contribution in [0.1, 0.15) is 126 Å². The maximum absolute atomic E-state index is 15.4. The molecule has 0 bridgehead atoms. The lowest BCUT2D eigenvalue weighted by Crippen LogP contribution is -2.56. The summed E-state index contributed by atoms with van der Waals surface area (Å²) in [6.07, 6.45) is 2.87. The number of nitrogens with zero attached hydrogens (tertiary/aromatic N) is 3. The van der Waals surface area contributed by atoms with Crippen LogP contribution in [0.5, 0.6) is 0 Å². The van der Waals surface area contributed by atoms with Crippen molar-refractivity contribution < 1.29 is 47.8 Å². The van der Waals surface area contributed by atoms with Crippen molar-refractivity contribution in [2.75, 3.05) is 26.2 Å². The molecule has 5 heterocycles. The average molecular weight is 972 g/mol. The van der Waals surface area contributed by atoms with E-state index in [1.165, 1.54) is 17.6 Å². The van der Waals surface area contributed by atoms with Crippen LogP contribution in [0.25, 0.3) is 22.3 Å². The van der Waals surface area contributed by atoms with Gasteiger partial charge in [0.25, 0.3) is 5.56 Å². The Labute approximate surface area is 405 Å². The highest BCUT2D eigenvalue weighted by atomic mass is 19.1. The third-order valence-electron chi connectivity index (χ3n) is 14.1. The third kappa shape index (κ3) is 10.3. The van der Waals surface area contributed by atoms with E-state index < -0.39 is 89.7 Å². The number of pyridine rings is 2. The number of fused-ring (bicyclic) bond motifs is 5. The van der Waals surface area contributed by atoms with Gasteiger partial charge in [0.1, 0.15) is 30.5 Å². The molecule has 0 spiro atoms. The van der Waals surface area contributed by atoms with E-state index in [-0.39, 0.29) is 60.9 Å². The number of aromatic nitrogens is 2. The lowest BCUT2D eigenvalue weighted by atomic mass is 9.81. The normalized spacial score (nSPS) is 20.4. The number of ether oxygens (including phenoxy) is 1. The molecule has 7 N–H and O–H groups in total. The van der Waals surface area contributed by atoms with Gasteiger partial charge in [0.05, 0.1) is 54.2 Å². The van der Waals surface area contributed by atoms with Gasteiger partial charge in [-0.3, -0.25) is 38.5 Å². The number of rotatable bonds is 18. The minimum absolute atomic E-state index is 0.0455. The number of benzene rings is 1. The number of aliphatic hydroxyl groups is 1. The number of likely N-dealkylation sites (tertiary alicyclic amines) is 1. The summed E-state index contributed by atoms with van der Waals surface area (Å²) in [5, 5.41) is 28.4. The van der Waals surface area contributed by atoms with Crippen molar-refractivity contribution in [1.82, 2.24) is 46.4 Å². The smallest absolute Gasteiger partial charge is 0.343 e. The van der Waals surface area contributed by atoms with E-state index in [4.69, 9.17) is 9.72 Å². The Hall–Kier alpha value is -6.28. The summed E-state index contributed by atoms with van der Waals surface area (Å²) in [6, 6.07) is -1.14. The molecule has 0 unspecified atom stereocenters. The number of carbonyl (C=O) groups excluding carboxylic acids is 7. The van der Waals surface area contributed by atoms with Gasteiger partial charge in [-0.05, 0) is 106 Å². The molecule has 1 aromatic carbocycles. The Bertz CT molecular complexity index is 2690. The molecule has 70 heavy (non-hydrogen) atoms. The Balaban J connectivity index is 0.988. The molecule has 20 heteroatoms. The number of halogens is 1. The first-order valence-corrected chi connectivity index (χ1v) is 24.5. The van der Waals surface area contributed by atoms with Gasteiger partial charge in [0.15, 0.2) is 5.60 Å². The van der Waals surface area contributed by atoms with E-state index in [0.717, 1.165) is 18.5 Å². The zero-order chi connectivity index (χ0) is 50.9. The molecular weight excluding hydrogens is 906 g/mol. The van der Waals surface area contributed by atoms with Crippen LogP contribution >= 0.6 is 0 Å². The van der Waals surface area contributed by atoms with E-state index >= 15 is 4.39 Å². The van der Waals surface area contributed by atoms with Crippen molar-refractivity contribution in [3.05, 3.63) is 61.7 Å². The zero-order valence-electron chi connectivity index (χ0n) is 41.2. The molecule has 3 aromatic rings. The van der Waals surface area contributed by atoms with Gasteiger partial charge in [0.2, 0.25) is 35.4 Å². The van der Waals surface area contributed by atoms with E-state index in [0.29, 0.717) is 71.2 Å². The first-order chi connectivity index (χ1) is 33.2. The SMILES string of the molecule is CCN1CCC[C@H]1C(=O)N[C@@H](CC(C)C)C(=O)NCC(=O)N[C@@H](CC(C)C)C(=O)N[C@@H](C)C(=O)NCC(=O)N[C@H]1CCc2c(C)c(F)cc3nc4c(c1c23)Cn1c-4cc2c(c1=O)COC(=O)[C@]2(O)CC. The molecule has 3 aliphatic heterocycles. The molecule has 378 valence electrons. The van der Waals surface area contributed by atoms with E-state index in [1.807, 2.05) is 34.6 Å². The second kappa shape index (κ2) is 21.0. The number of cyclic esters (lactones) is 1. The topological polar surface area (TPSA) is 259 Å². The van der Waals surface area contributed by atoms with Crippen molar-refractivity contribution in [2.45, 2.75) is 149 Å². The number of hydrogen-bond donors (Lipinski definition) is 7. The van der Waals surface area contributed by atoms with Crippen LogP contribution in [0, 0.1) is 24.6 Å². The second-order valence-electron chi connectivity index (χ2n) is 19.9. The molecule has 1 aliphatic carbocycles. The fourth-order valence-electron chi connectivity index (χ4n) is 10.4. The van der Waals surface area contributed by atoms with Crippen LogP contribution in [-0.4, -0.2) is 111 Å². The van der Waals surface area contributed by atoms with Crippen LogP contribution < -0.4 is 37.5 Å². The summed E-state index contributed by atoms with van der Waals surface area (Å²) in [7, 11) is 0. The van der Waals surface area contributed by atoms with Crippen molar-refractivity contribution >= 4 is 52.3 Å². The Morgan fingerprint density at radius 1 is 0.871 bits per heavy atom. The average Bonchev–Trinajstić information content (AvgIpc) is 3.95. The van der Waals surface area contributed by atoms with Crippen LogP contribution in [0.3, 0.4) is 0 Å². The van der Waals surface area contributed by atoms with E-state index in [9.17, 15) is 43.5 Å². The molecule has 4 aliphatic rings. The largest absolute Gasteiger partial charge is 0.458 e. The molecule has 6 amide bonds. The molecule has 6 atom stereocenters. The van der Waals surface area contributed by atoms with Crippen LogP contribution in [-0.2, 0) is 63.5 Å². The monoisotopic (exact) mass is 971 g/mol. The van der Waals surface area contributed by atoms with Gasteiger partial charge in [-0.2, -0.15) is 0 Å². The van der Waals surface area contributed by atoms with Gasteiger partial charge < -0.3 is 46.3 Å². The van der Waals surface area contributed by atoms with Crippen molar-refractivity contribution in [3.63, 3.8) is 0 Å². The fraction of sp³-hybridized carbons (Fsp3) is 0.580. The molecule has 0 saturated carbocycles. The number of esters is 1. The summed E-state index contributed by atoms with van der Waals surface area (Å²) in [5.41, 5.74) is 1.16. The van der Waals surface area contributed by atoms with Crippen molar-refractivity contribution in [1.29, 1.82) is 0 Å². The quantitative estimate of drug-likeness (QED) is 0.0706. The number of amides is 6. The van der Waals surface area contributed by atoms with Gasteiger partial charge in [-0.15, -0.1) is 0 Å². The van der Waals surface area contributed by atoms with Gasteiger partial charge >= 0.3 is 5.97 Å².